The van der Waals surface area contributed by atoms with Gasteiger partial charge in [0.05, 0.1) is 0 Å². The lowest BCUT2D eigenvalue weighted by molar-refractivity contribution is -0.135. The molecule has 0 spiro atoms. The van der Waals surface area contributed by atoms with Crippen LogP contribution in [0.5, 0.6) is 0 Å². The number of hydrogen-bond acceptors (Lipinski definition) is 4. The molecular formula is C18H28N4O. The van der Waals surface area contributed by atoms with Gasteiger partial charge in [-0.25, -0.2) is 0 Å². The van der Waals surface area contributed by atoms with Gasteiger partial charge in [-0.2, -0.15) is 5.10 Å². The zero-order chi connectivity index (χ0) is 16.2. The van der Waals surface area contributed by atoms with Crippen molar-refractivity contribution in [3.05, 3.63) is 11.4 Å². The van der Waals surface area contributed by atoms with Crippen molar-refractivity contribution in [2.45, 2.75) is 71.9 Å². The van der Waals surface area contributed by atoms with Crippen molar-refractivity contribution in [3.8, 4) is 0 Å². The van der Waals surface area contributed by atoms with Crippen LogP contribution in [0.25, 0.3) is 0 Å². The number of nitrogens with zero attached hydrogens (tertiary/aromatic N) is 3. The summed E-state index contributed by atoms with van der Waals surface area (Å²) in [5, 5.41) is 4.65. The van der Waals surface area contributed by atoms with Crippen LogP contribution in [0.4, 0.5) is 0 Å². The largest absolute Gasteiger partial charge is 0.311 e. The minimum atomic E-state index is -0.313. The van der Waals surface area contributed by atoms with Crippen LogP contribution in [0.3, 0.4) is 0 Å². The van der Waals surface area contributed by atoms with Gasteiger partial charge in [-0.3, -0.25) is 15.1 Å². The molecule has 2 heterocycles. The summed E-state index contributed by atoms with van der Waals surface area (Å²) < 4.78 is 0. The second kappa shape index (κ2) is 5.25. The smallest absolute Gasteiger partial charge is 0.272 e. The number of allylic oxidation sites excluding steroid dienone is 2. The lowest BCUT2D eigenvalue weighted by Gasteiger charge is -2.40. The summed E-state index contributed by atoms with van der Waals surface area (Å²) in [7, 11) is 0. The van der Waals surface area contributed by atoms with E-state index in [-0.39, 0.29) is 17.5 Å². The van der Waals surface area contributed by atoms with Gasteiger partial charge in [0.15, 0.2) is 0 Å². The predicted molar refractivity (Wildman–Crippen MR) is 90.2 cm³/mol. The van der Waals surface area contributed by atoms with Crippen molar-refractivity contribution in [3.63, 3.8) is 0 Å². The first-order valence-electron chi connectivity index (χ1n) is 9.22. The summed E-state index contributed by atoms with van der Waals surface area (Å²) in [5.41, 5.74) is 5.72. The fraction of sp³-hybridized carbons (Fsp3) is 0.778. The third-order valence-corrected chi connectivity index (χ3v) is 6.15. The molecule has 1 amide bonds. The van der Waals surface area contributed by atoms with Gasteiger partial charge in [0.25, 0.3) is 5.91 Å². The molecule has 0 aromatic carbocycles. The van der Waals surface area contributed by atoms with Crippen molar-refractivity contribution >= 4 is 11.7 Å². The zero-order valence-electron chi connectivity index (χ0n) is 14.6. The van der Waals surface area contributed by atoms with Gasteiger partial charge in [0, 0.05) is 23.4 Å². The highest BCUT2D eigenvalue weighted by Crippen LogP contribution is 2.63. The van der Waals surface area contributed by atoms with Crippen LogP contribution >= 0.6 is 0 Å². The van der Waals surface area contributed by atoms with Crippen LogP contribution in [-0.4, -0.2) is 34.3 Å². The Morgan fingerprint density at radius 3 is 2.57 bits per heavy atom. The second-order valence-corrected chi connectivity index (χ2v) is 7.64. The average Bonchev–Trinajstić information content (AvgIpc) is 3.45. The molecule has 5 heteroatoms. The summed E-state index contributed by atoms with van der Waals surface area (Å²) in [6.07, 6.45) is 8.24. The molecule has 1 unspecified atom stereocenters. The lowest BCUT2D eigenvalue weighted by atomic mass is 9.96. The molecule has 23 heavy (non-hydrogen) atoms. The monoisotopic (exact) mass is 316 g/mol. The first-order chi connectivity index (χ1) is 11.1. The molecular weight excluding hydrogens is 288 g/mol. The van der Waals surface area contributed by atoms with E-state index < -0.39 is 0 Å². The zero-order valence-corrected chi connectivity index (χ0v) is 14.6. The highest BCUT2D eigenvalue weighted by Gasteiger charge is 2.62. The fourth-order valence-corrected chi connectivity index (χ4v) is 4.29. The third kappa shape index (κ3) is 2.19. The highest BCUT2D eigenvalue weighted by molar-refractivity contribution is 5.99. The van der Waals surface area contributed by atoms with Gasteiger partial charge >= 0.3 is 0 Å². The molecule has 5 nitrogen and oxygen atoms in total. The maximum absolute atomic E-state index is 12.9. The lowest BCUT2D eigenvalue weighted by Crippen LogP contribution is -2.56. The third-order valence-electron chi connectivity index (χ3n) is 6.15. The molecule has 2 aliphatic carbocycles. The van der Waals surface area contributed by atoms with Crippen molar-refractivity contribution in [1.82, 2.24) is 15.2 Å². The van der Waals surface area contributed by atoms with Crippen molar-refractivity contribution < 1.29 is 4.79 Å². The van der Waals surface area contributed by atoms with Gasteiger partial charge in [0.1, 0.15) is 5.84 Å². The Balaban J connectivity index is 1.59. The fourth-order valence-electron chi connectivity index (χ4n) is 4.29. The molecule has 0 saturated heterocycles. The summed E-state index contributed by atoms with van der Waals surface area (Å²) in [6.45, 7) is 7.25. The summed E-state index contributed by atoms with van der Waals surface area (Å²) in [6, 6.07) is 0. The van der Waals surface area contributed by atoms with Crippen LogP contribution < -0.4 is 5.43 Å². The van der Waals surface area contributed by atoms with E-state index in [1.807, 2.05) is 4.90 Å². The molecule has 0 radical (unpaired) electrons. The van der Waals surface area contributed by atoms with E-state index in [0.717, 1.165) is 30.4 Å². The Morgan fingerprint density at radius 1 is 1.22 bits per heavy atom. The number of hydrogen-bond donors (Lipinski definition) is 1. The maximum atomic E-state index is 12.9. The summed E-state index contributed by atoms with van der Waals surface area (Å²) >= 11 is 0. The summed E-state index contributed by atoms with van der Waals surface area (Å²) in [5.74, 6) is 2.10. The number of carbonyl (C=O) groups is 1. The molecule has 1 N–H and O–H groups in total. The number of hydrazone groups is 1. The van der Waals surface area contributed by atoms with E-state index in [0.29, 0.717) is 0 Å². The van der Waals surface area contributed by atoms with Crippen molar-refractivity contribution in [2.24, 2.45) is 16.4 Å². The number of nitrogens with one attached hydrogen (secondary N) is 1. The minimum Gasteiger partial charge on any atom is -0.311 e. The first kappa shape index (κ1) is 15.0. The van der Waals surface area contributed by atoms with Gasteiger partial charge in [-0.15, -0.1) is 0 Å². The van der Waals surface area contributed by atoms with Crippen LogP contribution in [0.2, 0.25) is 0 Å². The van der Waals surface area contributed by atoms with Crippen LogP contribution in [-0.2, 0) is 4.79 Å². The molecule has 1 atom stereocenters. The average molecular weight is 316 g/mol. The number of unbranched alkanes of at least 4 members (excludes halogenated alkanes) is 2. The van der Waals surface area contributed by atoms with Gasteiger partial charge < -0.3 is 4.90 Å². The molecule has 4 rings (SSSR count). The second-order valence-electron chi connectivity index (χ2n) is 7.64. The van der Waals surface area contributed by atoms with Crippen molar-refractivity contribution in [1.29, 1.82) is 0 Å². The number of carbonyl (C=O) groups excluding carboxylic acids is 1. The van der Waals surface area contributed by atoms with Gasteiger partial charge in [-0.05, 0) is 51.9 Å². The maximum Gasteiger partial charge on any atom is 0.272 e. The van der Waals surface area contributed by atoms with E-state index in [1.165, 1.54) is 44.2 Å². The van der Waals surface area contributed by atoms with Crippen LogP contribution in [0.15, 0.2) is 16.5 Å². The van der Waals surface area contributed by atoms with E-state index in [2.05, 4.69) is 36.2 Å². The predicted octanol–water partition coefficient (Wildman–Crippen LogP) is 3.01. The molecule has 4 aliphatic rings. The number of amides is 1. The number of amidine groups is 1. The van der Waals surface area contributed by atoms with E-state index in [1.54, 1.807) is 0 Å². The summed E-state index contributed by atoms with van der Waals surface area (Å²) in [4.78, 5) is 17.1. The highest BCUT2D eigenvalue weighted by atomic mass is 16.2. The van der Waals surface area contributed by atoms with E-state index >= 15 is 0 Å². The van der Waals surface area contributed by atoms with Crippen molar-refractivity contribution in [2.75, 3.05) is 6.54 Å². The molecule has 0 aromatic rings. The number of fused-ring (bicyclic) bond motifs is 1. The molecule has 2 fully saturated rings. The van der Waals surface area contributed by atoms with Gasteiger partial charge in [-0.1, -0.05) is 19.8 Å². The topological polar surface area (TPSA) is 47.9 Å². The Morgan fingerprint density at radius 2 is 1.96 bits per heavy atom. The Kier molecular flexibility index (Phi) is 3.43. The first-order valence-corrected chi connectivity index (χ1v) is 9.22. The van der Waals surface area contributed by atoms with E-state index in [9.17, 15) is 4.79 Å². The quantitative estimate of drug-likeness (QED) is 0.766. The molecule has 0 bridgehead atoms. The Labute approximate surface area is 138 Å². The van der Waals surface area contributed by atoms with E-state index in [4.69, 9.17) is 0 Å². The Hall–Kier alpha value is -1.52. The standard InChI is InChI=1S/C18H28N4O/c1-4-5-6-11-21-12(2)13(3)22-15(16(21)23)19-20-17(22)18(9-10-18)14-7-8-14/h14-15,19H,4-11H2,1-3H3. The molecule has 2 saturated carbocycles. The molecule has 2 aliphatic heterocycles. The van der Waals surface area contributed by atoms with Crippen LogP contribution in [0, 0.1) is 11.3 Å². The number of rotatable bonds is 6. The Bertz CT molecular complexity index is 586. The SMILES string of the molecule is CCCCCN1C(=O)C2NN=C(C3(C4CC4)CC3)N2C(C)=C1C. The molecule has 126 valence electrons. The normalized spacial score (nSPS) is 28.7. The van der Waals surface area contributed by atoms with Gasteiger partial charge in [0.2, 0.25) is 6.17 Å². The molecule has 0 aromatic heterocycles. The minimum absolute atomic E-state index is 0.162. The van der Waals surface area contributed by atoms with Crippen LogP contribution in [0.1, 0.15) is 65.7 Å².